The Morgan fingerprint density at radius 2 is 2.22 bits per heavy atom. The van der Waals surface area contributed by atoms with E-state index in [9.17, 15) is 4.79 Å². The van der Waals surface area contributed by atoms with E-state index in [1.54, 1.807) is 6.08 Å². The Labute approximate surface area is 106 Å². The van der Waals surface area contributed by atoms with E-state index in [0.29, 0.717) is 11.3 Å². The van der Waals surface area contributed by atoms with Crippen LogP contribution in [0, 0.1) is 0 Å². The first-order chi connectivity index (χ1) is 8.54. The maximum absolute atomic E-state index is 11.6. The number of pyridine rings is 1. The lowest BCUT2D eigenvalue weighted by Crippen LogP contribution is -2.13. The Hall–Kier alpha value is -2.17. The van der Waals surface area contributed by atoms with Gasteiger partial charge in [-0.3, -0.25) is 4.99 Å². The minimum absolute atomic E-state index is 0.0826. The van der Waals surface area contributed by atoms with E-state index in [-0.39, 0.29) is 17.5 Å². The van der Waals surface area contributed by atoms with Crippen LogP contribution >= 0.6 is 0 Å². The minimum Gasteiger partial charge on any atom is -0.486 e. The SMILES string of the molecule is C=Cc1cnc(C(=O)OC)c(OC(C)C)c1N=C. The third-order valence-electron chi connectivity index (χ3n) is 2.15. The molecule has 1 aromatic heterocycles. The van der Waals surface area contributed by atoms with E-state index in [1.165, 1.54) is 13.3 Å². The van der Waals surface area contributed by atoms with Crippen LogP contribution in [0.25, 0.3) is 6.08 Å². The summed E-state index contributed by atoms with van der Waals surface area (Å²) in [5, 5.41) is 0. The van der Waals surface area contributed by atoms with Crippen molar-refractivity contribution in [3.05, 3.63) is 24.0 Å². The van der Waals surface area contributed by atoms with Crippen LogP contribution in [0.1, 0.15) is 29.9 Å². The van der Waals surface area contributed by atoms with Crippen molar-refractivity contribution in [3.63, 3.8) is 0 Å². The molecule has 1 aromatic rings. The molecule has 0 atom stereocenters. The zero-order valence-electron chi connectivity index (χ0n) is 10.8. The van der Waals surface area contributed by atoms with Crippen molar-refractivity contribution in [1.29, 1.82) is 0 Å². The summed E-state index contributed by atoms with van der Waals surface area (Å²) in [7, 11) is 1.28. The molecule has 96 valence electrons. The Bertz CT molecular complexity index is 481. The fourth-order valence-corrected chi connectivity index (χ4v) is 1.40. The number of hydrogen-bond acceptors (Lipinski definition) is 5. The molecular formula is C13H16N2O3. The highest BCUT2D eigenvalue weighted by Crippen LogP contribution is 2.35. The predicted molar refractivity (Wildman–Crippen MR) is 70.6 cm³/mol. The number of carbonyl (C=O) groups excluding carboxylic acids is 1. The largest absolute Gasteiger partial charge is 0.486 e. The van der Waals surface area contributed by atoms with Crippen LogP contribution in [0.15, 0.2) is 17.8 Å². The number of carbonyl (C=O) groups is 1. The van der Waals surface area contributed by atoms with Gasteiger partial charge in [-0.2, -0.15) is 0 Å². The van der Waals surface area contributed by atoms with Crippen molar-refractivity contribution in [2.45, 2.75) is 20.0 Å². The van der Waals surface area contributed by atoms with Crippen molar-refractivity contribution >= 4 is 24.5 Å². The van der Waals surface area contributed by atoms with Crippen LogP contribution in [0.4, 0.5) is 5.69 Å². The summed E-state index contributed by atoms with van der Waals surface area (Å²) in [5.74, 6) is -0.310. The summed E-state index contributed by atoms with van der Waals surface area (Å²) in [5.41, 5.74) is 1.17. The topological polar surface area (TPSA) is 60.8 Å². The zero-order chi connectivity index (χ0) is 13.7. The fraction of sp³-hybridized carbons (Fsp3) is 0.308. The van der Waals surface area contributed by atoms with Gasteiger partial charge in [0.15, 0.2) is 11.4 Å². The van der Waals surface area contributed by atoms with E-state index < -0.39 is 5.97 Å². The molecular weight excluding hydrogens is 232 g/mol. The smallest absolute Gasteiger partial charge is 0.360 e. The van der Waals surface area contributed by atoms with Crippen LogP contribution in [-0.2, 0) is 4.74 Å². The van der Waals surface area contributed by atoms with Gasteiger partial charge in [-0.1, -0.05) is 12.7 Å². The lowest BCUT2D eigenvalue weighted by atomic mass is 10.2. The molecule has 0 bridgehead atoms. The number of esters is 1. The number of ether oxygens (including phenoxy) is 2. The number of methoxy groups -OCH3 is 1. The van der Waals surface area contributed by atoms with E-state index in [2.05, 4.69) is 28.0 Å². The number of rotatable bonds is 5. The summed E-state index contributed by atoms with van der Waals surface area (Å²) in [4.78, 5) is 19.5. The van der Waals surface area contributed by atoms with Crippen molar-refractivity contribution in [2.24, 2.45) is 4.99 Å². The van der Waals surface area contributed by atoms with Crippen molar-refractivity contribution < 1.29 is 14.3 Å². The van der Waals surface area contributed by atoms with E-state index >= 15 is 0 Å². The summed E-state index contributed by atoms with van der Waals surface area (Å²) in [6.45, 7) is 10.8. The first kappa shape index (κ1) is 13.9. The van der Waals surface area contributed by atoms with Crippen LogP contribution in [0.5, 0.6) is 5.75 Å². The fourth-order valence-electron chi connectivity index (χ4n) is 1.40. The van der Waals surface area contributed by atoms with E-state index in [0.717, 1.165) is 0 Å². The van der Waals surface area contributed by atoms with Crippen molar-refractivity contribution in [1.82, 2.24) is 4.98 Å². The molecule has 18 heavy (non-hydrogen) atoms. The average Bonchev–Trinajstić information content (AvgIpc) is 2.36. The number of hydrogen-bond donors (Lipinski definition) is 0. The van der Waals surface area contributed by atoms with Gasteiger partial charge in [0.1, 0.15) is 5.69 Å². The lowest BCUT2D eigenvalue weighted by molar-refractivity contribution is 0.0587. The van der Waals surface area contributed by atoms with E-state index in [1.807, 2.05) is 13.8 Å². The van der Waals surface area contributed by atoms with Gasteiger partial charge >= 0.3 is 5.97 Å². The monoisotopic (exact) mass is 248 g/mol. The van der Waals surface area contributed by atoms with Crippen LogP contribution < -0.4 is 4.74 Å². The quantitative estimate of drug-likeness (QED) is 0.593. The molecule has 0 aromatic carbocycles. The molecule has 0 N–H and O–H groups in total. The number of aliphatic imine (C=N–C) groups is 1. The maximum atomic E-state index is 11.6. The molecule has 0 saturated carbocycles. The molecule has 0 fully saturated rings. The molecule has 0 spiro atoms. The molecule has 5 nitrogen and oxygen atoms in total. The summed E-state index contributed by atoms with van der Waals surface area (Å²) in [6.07, 6.45) is 2.93. The molecule has 0 amide bonds. The average molecular weight is 248 g/mol. The Balaban J connectivity index is 3.48. The van der Waals surface area contributed by atoms with Crippen LogP contribution in [-0.4, -0.2) is 30.9 Å². The third-order valence-corrected chi connectivity index (χ3v) is 2.15. The molecule has 1 heterocycles. The van der Waals surface area contributed by atoms with Crippen molar-refractivity contribution in [2.75, 3.05) is 7.11 Å². The van der Waals surface area contributed by atoms with Gasteiger partial charge in [0, 0.05) is 11.8 Å². The first-order valence-corrected chi connectivity index (χ1v) is 5.42. The van der Waals surface area contributed by atoms with Crippen LogP contribution in [0.3, 0.4) is 0 Å². The molecule has 0 aliphatic carbocycles. The van der Waals surface area contributed by atoms with Gasteiger partial charge in [-0.05, 0) is 20.6 Å². The van der Waals surface area contributed by atoms with Gasteiger partial charge in [-0.15, -0.1) is 0 Å². The molecule has 0 unspecified atom stereocenters. The first-order valence-electron chi connectivity index (χ1n) is 5.42. The van der Waals surface area contributed by atoms with Gasteiger partial charge in [-0.25, -0.2) is 9.78 Å². The molecule has 1 rings (SSSR count). The Kier molecular flexibility index (Phi) is 4.59. The van der Waals surface area contributed by atoms with Gasteiger partial charge in [0.2, 0.25) is 0 Å². The Morgan fingerprint density at radius 3 is 2.67 bits per heavy atom. The summed E-state index contributed by atoms with van der Waals surface area (Å²) >= 11 is 0. The molecule has 5 heteroatoms. The number of nitrogens with zero attached hydrogens (tertiary/aromatic N) is 2. The molecule has 0 aliphatic heterocycles. The van der Waals surface area contributed by atoms with E-state index in [4.69, 9.17) is 4.74 Å². The van der Waals surface area contributed by atoms with Gasteiger partial charge in [0.05, 0.1) is 13.2 Å². The van der Waals surface area contributed by atoms with Crippen LogP contribution in [0.2, 0.25) is 0 Å². The second kappa shape index (κ2) is 5.95. The minimum atomic E-state index is -0.578. The van der Waals surface area contributed by atoms with Gasteiger partial charge in [0.25, 0.3) is 0 Å². The molecule has 0 saturated heterocycles. The highest BCUT2D eigenvalue weighted by molar-refractivity contribution is 5.93. The number of aromatic nitrogens is 1. The van der Waals surface area contributed by atoms with Crippen molar-refractivity contribution in [3.8, 4) is 5.75 Å². The molecule has 0 aliphatic rings. The highest BCUT2D eigenvalue weighted by atomic mass is 16.5. The second-order valence-electron chi connectivity index (χ2n) is 3.76. The third kappa shape index (κ3) is 2.74. The second-order valence-corrected chi connectivity index (χ2v) is 3.76. The summed E-state index contributed by atoms with van der Waals surface area (Å²) < 4.78 is 10.3. The normalized spacial score (nSPS) is 10.0. The highest BCUT2D eigenvalue weighted by Gasteiger charge is 2.21. The molecule has 0 radical (unpaired) electrons. The zero-order valence-corrected chi connectivity index (χ0v) is 10.8. The Morgan fingerprint density at radius 1 is 1.56 bits per heavy atom. The van der Waals surface area contributed by atoms with Gasteiger partial charge < -0.3 is 9.47 Å². The maximum Gasteiger partial charge on any atom is 0.360 e. The lowest BCUT2D eigenvalue weighted by Gasteiger charge is -2.15. The predicted octanol–water partition coefficient (Wildman–Crippen LogP) is 2.63. The summed E-state index contributed by atoms with van der Waals surface area (Å²) in [6, 6.07) is 0. The standard InChI is InChI=1S/C13H16N2O3/c1-6-9-7-15-11(13(16)17-5)12(10(9)14-4)18-8(2)3/h6-8H,1,4H2,2-3,5H3.